The molecule has 134 valence electrons. The molecule has 1 amide bonds. The molecule has 7 nitrogen and oxygen atoms in total. The highest BCUT2D eigenvalue weighted by Gasteiger charge is 2.09. The first-order valence-corrected chi connectivity index (χ1v) is 8.36. The number of rotatable bonds is 3. The first-order chi connectivity index (χ1) is 13.1. The lowest BCUT2D eigenvalue weighted by molar-refractivity contribution is 0.172. The van der Waals surface area contributed by atoms with Crippen LogP contribution in [0.25, 0.3) is 28.0 Å². The summed E-state index contributed by atoms with van der Waals surface area (Å²) in [5.41, 5.74) is 4.18. The summed E-state index contributed by atoms with van der Waals surface area (Å²) in [6.45, 7) is 0. The lowest BCUT2D eigenvalue weighted by atomic mass is 10.2. The number of hydrogen-bond donors (Lipinski definition) is 0. The molecule has 0 bridgehead atoms. The molecule has 4 aromatic rings. The molecule has 0 spiro atoms. The lowest BCUT2D eigenvalue weighted by Crippen LogP contribution is -2.25. The van der Waals surface area contributed by atoms with E-state index in [2.05, 4.69) is 15.1 Å². The van der Waals surface area contributed by atoms with Crippen molar-refractivity contribution < 1.29 is 9.53 Å². The number of carbonyl (C=O) groups excluding carboxylic acids is 1. The number of ether oxygens (including phenoxy) is 1. The molecule has 0 aliphatic carbocycles. The summed E-state index contributed by atoms with van der Waals surface area (Å²) in [5.74, 6) is 0.477. The number of carbonyl (C=O) groups is 1. The maximum absolute atomic E-state index is 11.6. The molecule has 0 aliphatic rings. The van der Waals surface area contributed by atoms with Gasteiger partial charge in [-0.15, -0.1) is 0 Å². The van der Waals surface area contributed by atoms with Crippen molar-refractivity contribution in [3.05, 3.63) is 67.1 Å². The van der Waals surface area contributed by atoms with Crippen LogP contribution in [-0.4, -0.2) is 44.8 Å². The van der Waals surface area contributed by atoms with Crippen molar-refractivity contribution in [3.63, 3.8) is 0 Å². The average Bonchev–Trinajstić information content (AvgIpc) is 3.18. The Balaban J connectivity index is 1.57. The Bertz CT molecular complexity index is 1100. The molecule has 0 unspecified atom stereocenters. The summed E-state index contributed by atoms with van der Waals surface area (Å²) >= 11 is 0. The van der Waals surface area contributed by atoms with Gasteiger partial charge in [0.15, 0.2) is 0 Å². The van der Waals surface area contributed by atoms with Gasteiger partial charge in [0.1, 0.15) is 5.75 Å². The van der Waals surface area contributed by atoms with Crippen molar-refractivity contribution in [2.75, 3.05) is 14.1 Å². The fraction of sp³-hybridized carbons (Fsp3) is 0.100. The average molecular weight is 359 g/mol. The van der Waals surface area contributed by atoms with E-state index in [9.17, 15) is 4.79 Å². The molecule has 27 heavy (non-hydrogen) atoms. The van der Waals surface area contributed by atoms with Gasteiger partial charge >= 0.3 is 6.09 Å². The highest BCUT2D eigenvalue weighted by atomic mass is 16.6. The Labute approximate surface area is 155 Å². The topological polar surface area (TPSA) is 73.1 Å². The standard InChI is InChI=1S/C20H17N5O2/c1-24(2)20(26)27-16-9-7-15(8-10-16)25-13-14(11-22-25)19-12-21-17-5-3-4-6-18(17)23-19/h3-13H,1-2H3. The zero-order valence-corrected chi connectivity index (χ0v) is 14.9. The molecule has 2 aromatic heterocycles. The van der Waals surface area contributed by atoms with Crippen molar-refractivity contribution in [2.45, 2.75) is 0 Å². The normalized spacial score (nSPS) is 10.7. The molecule has 0 N–H and O–H groups in total. The molecule has 2 heterocycles. The Morgan fingerprint density at radius 1 is 1.00 bits per heavy atom. The van der Waals surface area contributed by atoms with E-state index in [0.717, 1.165) is 28.0 Å². The second-order valence-corrected chi connectivity index (χ2v) is 6.17. The quantitative estimate of drug-likeness (QED) is 0.559. The predicted octanol–water partition coefficient (Wildman–Crippen LogP) is 3.54. The second kappa shape index (κ2) is 6.87. The van der Waals surface area contributed by atoms with E-state index in [1.807, 2.05) is 42.6 Å². The number of aromatic nitrogens is 4. The largest absolute Gasteiger partial charge is 0.414 e. The SMILES string of the molecule is CN(C)C(=O)Oc1ccc(-n2cc(-c3cnc4ccccc4n3)cn2)cc1. The van der Waals surface area contributed by atoms with Crippen LogP contribution in [0.1, 0.15) is 0 Å². The minimum absolute atomic E-state index is 0.418. The van der Waals surface area contributed by atoms with Crippen LogP contribution in [0, 0.1) is 0 Å². The highest BCUT2D eigenvalue weighted by molar-refractivity contribution is 5.76. The second-order valence-electron chi connectivity index (χ2n) is 6.17. The Kier molecular flexibility index (Phi) is 4.25. The molecule has 0 fully saturated rings. The molecular formula is C20H17N5O2. The van der Waals surface area contributed by atoms with Crippen LogP contribution in [-0.2, 0) is 0 Å². The third-order valence-electron chi connectivity index (χ3n) is 4.00. The predicted molar refractivity (Wildman–Crippen MR) is 102 cm³/mol. The summed E-state index contributed by atoms with van der Waals surface area (Å²) in [5, 5.41) is 4.39. The van der Waals surface area contributed by atoms with Gasteiger partial charge in [0.2, 0.25) is 0 Å². The van der Waals surface area contributed by atoms with Gasteiger partial charge in [0.25, 0.3) is 0 Å². The van der Waals surface area contributed by atoms with Crippen LogP contribution in [0.4, 0.5) is 4.79 Å². The third-order valence-corrected chi connectivity index (χ3v) is 4.00. The van der Waals surface area contributed by atoms with Crippen molar-refractivity contribution >= 4 is 17.1 Å². The van der Waals surface area contributed by atoms with E-state index in [4.69, 9.17) is 4.74 Å². The van der Waals surface area contributed by atoms with Gasteiger partial charge in [-0.3, -0.25) is 4.98 Å². The smallest absolute Gasteiger partial charge is 0.410 e. The van der Waals surface area contributed by atoms with Crippen molar-refractivity contribution in [1.29, 1.82) is 0 Å². The van der Waals surface area contributed by atoms with Gasteiger partial charge in [-0.1, -0.05) is 12.1 Å². The summed E-state index contributed by atoms with van der Waals surface area (Å²) in [6, 6.07) is 14.9. The first-order valence-electron chi connectivity index (χ1n) is 8.36. The van der Waals surface area contributed by atoms with E-state index in [-0.39, 0.29) is 0 Å². The zero-order chi connectivity index (χ0) is 18.8. The Morgan fingerprint density at radius 3 is 2.48 bits per heavy atom. The summed E-state index contributed by atoms with van der Waals surface area (Å²) in [4.78, 5) is 22.0. The fourth-order valence-electron chi connectivity index (χ4n) is 2.55. The van der Waals surface area contributed by atoms with Gasteiger partial charge in [0, 0.05) is 25.9 Å². The van der Waals surface area contributed by atoms with E-state index in [0.29, 0.717) is 5.75 Å². The number of hydrogen-bond acceptors (Lipinski definition) is 5. The van der Waals surface area contributed by atoms with E-state index >= 15 is 0 Å². The Morgan fingerprint density at radius 2 is 1.74 bits per heavy atom. The maximum Gasteiger partial charge on any atom is 0.414 e. The van der Waals surface area contributed by atoms with Crippen LogP contribution in [0.5, 0.6) is 5.75 Å². The minimum atomic E-state index is -0.418. The van der Waals surface area contributed by atoms with Crippen LogP contribution >= 0.6 is 0 Å². The summed E-state index contributed by atoms with van der Waals surface area (Å²) in [6.07, 6.45) is 4.96. The molecular weight excluding hydrogens is 342 g/mol. The van der Waals surface area contributed by atoms with Gasteiger partial charge in [-0.25, -0.2) is 14.5 Å². The summed E-state index contributed by atoms with van der Waals surface area (Å²) < 4.78 is 6.96. The van der Waals surface area contributed by atoms with Crippen LogP contribution in [0.15, 0.2) is 67.1 Å². The minimum Gasteiger partial charge on any atom is -0.410 e. The van der Waals surface area contributed by atoms with E-state index < -0.39 is 6.09 Å². The fourth-order valence-corrected chi connectivity index (χ4v) is 2.55. The molecule has 0 atom stereocenters. The molecule has 2 aromatic carbocycles. The lowest BCUT2D eigenvalue weighted by Gasteiger charge is -2.10. The molecule has 0 aliphatic heterocycles. The van der Waals surface area contributed by atoms with Gasteiger partial charge in [-0.05, 0) is 36.4 Å². The number of para-hydroxylation sites is 2. The zero-order valence-electron chi connectivity index (χ0n) is 14.9. The molecule has 0 saturated heterocycles. The molecule has 7 heteroatoms. The molecule has 4 rings (SSSR count). The van der Waals surface area contributed by atoms with Gasteiger partial charge < -0.3 is 9.64 Å². The maximum atomic E-state index is 11.6. The van der Waals surface area contributed by atoms with Gasteiger partial charge in [0.05, 0.1) is 34.8 Å². The van der Waals surface area contributed by atoms with E-state index in [1.54, 1.807) is 43.3 Å². The van der Waals surface area contributed by atoms with Crippen molar-refractivity contribution in [2.24, 2.45) is 0 Å². The number of nitrogens with zero attached hydrogens (tertiary/aromatic N) is 5. The Hall–Kier alpha value is -3.74. The van der Waals surface area contributed by atoms with Crippen LogP contribution < -0.4 is 4.74 Å². The van der Waals surface area contributed by atoms with Gasteiger partial charge in [-0.2, -0.15) is 5.10 Å². The van der Waals surface area contributed by atoms with Crippen LogP contribution in [0.3, 0.4) is 0 Å². The number of amides is 1. The van der Waals surface area contributed by atoms with Crippen molar-refractivity contribution in [1.82, 2.24) is 24.6 Å². The first kappa shape index (κ1) is 16.7. The molecule has 0 saturated carbocycles. The molecule has 0 radical (unpaired) electrons. The number of fused-ring (bicyclic) bond motifs is 1. The highest BCUT2D eigenvalue weighted by Crippen LogP contribution is 2.21. The van der Waals surface area contributed by atoms with Crippen LogP contribution in [0.2, 0.25) is 0 Å². The van der Waals surface area contributed by atoms with Crippen molar-refractivity contribution in [3.8, 4) is 22.7 Å². The summed E-state index contributed by atoms with van der Waals surface area (Å²) in [7, 11) is 3.27. The third kappa shape index (κ3) is 3.48. The monoisotopic (exact) mass is 359 g/mol. The number of benzene rings is 2. The van der Waals surface area contributed by atoms with E-state index in [1.165, 1.54) is 4.90 Å².